The summed E-state index contributed by atoms with van der Waals surface area (Å²) in [4.78, 5) is 24.3. The van der Waals surface area contributed by atoms with Crippen molar-refractivity contribution in [1.82, 2.24) is 10.9 Å². The first-order valence-electron chi connectivity index (χ1n) is 9.12. The van der Waals surface area contributed by atoms with Crippen LogP contribution in [-0.4, -0.2) is 34.4 Å². The average molecular weight is 443 g/mol. The number of rotatable bonds is 6. The Morgan fingerprint density at radius 2 is 1.61 bits per heavy atom. The second-order valence-corrected chi connectivity index (χ2v) is 8.44. The van der Waals surface area contributed by atoms with Gasteiger partial charge in [0.15, 0.2) is 0 Å². The molecule has 0 aliphatic carbocycles. The fourth-order valence-corrected chi connectivity index (χ4v) is 4.04. The molecule has 3 rings (SSSR count). The van der Waals surface area contributed by atoms with Crippen molar-refractivity contribution < 1.29 is 27.2 Å². The lowest BCUT2D eigenvalue weighted by Crippen LogP contribution is -2.41. The number of carbonyl (C=O) groups is 2. The van der Waals surface area contributed by atoms with E-state index in [1.807, 2.05) is 0 Å². The van der Waals surface area contributed by atoms with Gasteiger partial charge in [0.05, 0.1) is 29.5 Å². The van der Waals surface area contributed by atoms with Gasteiger partial charge in [-0.05, 0) is 49.4 Å². The van der Waals surface area contributed by atoms with Gasteiger partial charge in [0.2, 0.25) is 0 Å². The third kappa shape index (κ3) is 4.53. The Bertz CT molecular complexity index is 1200. The molecule has 2 amide bonds. The van der Waals surface area contributed by atoms with Crippen LogP contribution in [0.3, 0.4) is 0 Å². The molecule has 1 aromatic heterocycles. The summed E-state index contributed by atoms with van der Waals surface area (Å²) in [5.74, 6) is -0.303. The fourth-order valence-electron chi connectivity index (χ4n) is 2.83. The Hall–Kier alpha value is -3.79. The molecule has 9 nitrogen and oxygen atoms in total. The number of benzene rings is 2. The minimum atomic E-state index is -3.89. The van der Waals surface area contributed by atoms with E-state index in [4.69, 9.17) is 9.15 Å². The summed E-state index contributed by atoms with van der Waals surface area (Å²) in [5.41, 5.74) is 5.40. The van der Waals surface area contributed by atoms with Gasteiger partial charge in [-0.15, -0.1) is 0 Å². The minimum Gasteiger partial charge on any atom is -0.495 e. The number of sulfonamides is 1. The molecule has 0 saturated heterocycles. The first-order valence-corrected chi connectivity index (χ1v) is 10.6. The lowest BCUT2D eigenvalue weighted by molar-refractivity contribution is 0.0845. The number of hydrazine groups is 1. The maximum absolute atomic E-state index is 13.0. The number of methoxy groups -OCH3 is 1. The van der Waals surface area contributed by atoms with E-state index >= 15 is 0 Å². The number of nitrogens with zero attached hydrogens (tertiary/aromatic N) is 1. The number of anilines is 1. The lowest BCUT2D eigenvalue weighted by Gasteiger charge is -2.21. The normalized spacial score (nSPS) is 10.9. The van der Waals surface area contributed by atoms with E-state index in [9.17, 15) is 18.0 Å². The molecule has 0 atom stereocenters. The van der Waals surface area contributed by atoms with Crippen LogP contribution in [0.2, 0.25) is 0 Å². The van der Waals surface area contributed by atoms with Gasteiger partial charge in [-0.2, -0.15) is 0 Å². The molecule has 0 unspecified atom stereocenters. The van der Waals surface area contributed by atoms with Gasteiger partial charge in [-0.1, -0.05) is 12.1 Å². The number of ether oxygens (including phenoxy) is 1. The third-order valence-corrected chi connectivity index (χ3v) is 6.38. The number of hydrogen-bond acceptors (Lipinski definition) is 6. The quantitative estimate of drug-likeness (QED) is 0.565. The topological polar surface area (TPSA) is 118 Å². The zero-order chi connectivity index (χ0) is 22.6. The van der Waals surface area contributed by atoms with Gasteiger partial charge in [-0.3, -0.25) is 24.7 Å². The van der Waals surface area contributed by atoms with Crippen LogP contribution in [0.1, 0.15) is 26.5 Å². The molecule has 0 saturated carbocycles. The highest BCUT2D eigenvalue weighted by atomic mass is 32.2. The molecule has 0 bridgehead atoms. The number of amides is 2. The molecular formula is C21H21N3O6S. The van der Waals surface area contributed by atoms with Gasteiger partial charge in [0, 0.05) is 12.6 Å². The summed E-state index contributed by atoms with van der Waals surface area (Å²) in [6.45, 7) is 1.62. The van der Waals surface area contributed by atoms with Crippen LogP contribution < -0.4 is 19.9 Å². The van der Waals surface area contributed by atoms with Gasteiger partial charge in [0.25, 0.3) is 21.8 Å². The Labute approximate surface area is 179 Å². The highest BCUT2D eigenvalue weighted by Gasteiger charge is 2.24. The van der Waals surface area contributed by atoms with Crippen LogP contribution >= 0.6 is 0 Å². The molecule has 3 aromatic rings. The van der Waals surface area contributed by atoms with Crippen molar-refractivity contribution in [3.05, 3.63) is 77.7 Å². The number of para-hydroxylation sites is 2. The minimum absolute atomic E-state index is 0.00415. The number of nitrogens with one attached hydrogen (secondary N) is 2. The predicted molar refractivity (Wildman–Crippen MR) is 113 cm³/mol. The van der Waals surface area contributed by atoms with Crippen LogP contribution in [-0.2, 0) is 10.0 Å². The summed E-state index contributed by atoms with van der Waals surface area (Å²) >= 11 is 0. The summed E-state index contributed by atoms with van der Waals surface area (Å²) in [6.07, 6.45) is 1.37. The first kappa shape index (κ1) is 21.9. The number of furan rings is 1. The van der Waals surface area contributed by atoms with E-state index in [-0.39, 0.29) is 10.5 Å². The standard InChI is InChI=1S/C21H21N3O6S/c1-14-17(12-13-30-14)21(26)23-22-20(25)15-8-10-16(11-9-15)31(27,28)24(2)18-6-4-5-7-19(18)29-3/h4-13H,1-3H3,(H,22,25)(H,23,26). The number of aryl methyl sites for hydroxylation is 1. The smallest absolute Gasteiger partial charge is 0.273 e. The largest absolute Gasteiger partial charge is 0.495 e. The van der Waals surface area contributed by atoms with Gasteiger partial charge >= 0.3 is 0 Å². The van der Waals surface area contributed by atoms with E-state index in [0.717, 1.165) is 4.31 Å². The molecule has 1 heterocycles. The molecule has 0 fully saturated rings. The summed E-state index contributed by atoms with van der Waals surface area (Å²) in [5, 5.41) is 0. The highest BCUT2D eigenvalue weighted by molar-refractivity contribution is 7.92. The molecule has 2 aromatic carbocycles. The third-order valence-electron chi connectivity index (χ3n) is 4.59. The fraction of sp³-hybridized carbons (Fsp3) is 0.143. The van der Waals surface area contributed by atoms with E-state index in [1.165, 1.54) is 50.8 Å². The van der Waals surface area contributed by atoms with Crippen molar-refractivity contribution in [2.24, 2.45) is 0 Å². The van der Waals surface area contributed by atoms with Crippen LogP contribution in [0.25, 0.3) is 0 Å². The maximum atomic E-state index is 13.0. The maximum Gasteiger partial charge on any atom is 0.273 e. The summed E-state index contributed by atoms with van der Waals surface area (Å²) in [6, 6.07) is 13.6. The molecule has 10 heteroatoms. The Kier molecular flexibility index (Phi) is 6.30. The zero-order valence-corrected chi connectivity index (χ0v) is 17.9. The molecule has 0 aliphatic rings. The second-order valence-electron chi connectivity index (χ2n) is 6.47. The predicted octanol–water partition coefficient (Wildman–Crippen LogP) is 2.50. The highest BCUT2D eigenvalue weighted by Crippen LogP contribution is 2.30. The summed E-state index contributed by atoms with van der Waals surface area (Å²) < 4.78 is 37.3. The Morgan fingerprint density at radius 1 is 0.968 bits per heavy atom. The van der Waals surface area contributed by atoms with Crippen molar-refractivity contribution >= 4 is 27.5 Å². The van der Waals surface area contributed by atoms with Crippen LogP contribution in [0.5, 0.6) is 5.75 Å². The van der Waals surface area contributed by atoms with Crippen molar-refractivity contribution in [1.29, 1.82) is 0 Å². The monoisotopic (exact) mass is 443 g/mol. The Morgan fingerprint density at radius 3 is 2.23 bits per heavy atom. The van der Waals surface area contributed by atoms with E-state index < -0.39 is 21.8 Å². The van der Waals surface area contributed by atoms with Crippen LogP contribution in [0.4, 0.5) is 5.69 Å². The average Bonchev–Trinajstić information content (AvgIpc) is 3.22. The van der Waals surface area contributed by atoms with Crippen molar-refractivity contribution in [3.63, 3.8) is 0 Å². The lowest BCUT2D eigenvalue weighted by atomic mass is 10.2. The Balaban J connectivity index is 1.72. The van der Waals surface area contributed by atoms with Gasteiger partial charge < -0.3 is 9.15 Å². The molecule has 2 N–H and O–H groups in total. The molecule has 0 radical (unpaired) electrons. The van der Waals surface area contributed by atoms with Crippen molar-refractivity contribution in [3.8, 4) is 5.75 Å². The van der Waals surface area contributed by atoms with E-state index in [2.05, 4.69) is 10.9 Å². The molecular weight excluding hydrogens is 422 g/mol. The molecule has 0 spiro atoms. The number of carbonyl (C=O) groups excluding carboxylic acids is 2. The van der Waals surface area contributed by atoms with E-state index in [1.54, 1.807) is 31.2 Å². The summed E-state index contributed by atoms with van der Waals surface area (Å²) in [7, 11) is -1.01. The second kappa shape index (κ2) is 8.92. The van der Waals surface area contributed by atoms with Crippen LogP contribution in [0.15, 0.2) is 70.2 Å². The van der Waals surface area contributed by atoms with Crippen LogP contribution in [0, 0.1) is 6.92 Å². The molecule has 31 heavy (non-hydrogen) atoms. The first-order chi connectivity index (χ1) is 14.8. The van der Waals surface area contributed by atoms with Gasteiger partial charge in [0.1, 0.15) is 11.5 Å². The van der Waals surface area contributed by atoms with Crippen molar-refractivity contribution in [2.75, 3.05) is 18.5 Å². The molecule has 0 aliphatic heterocycles. The van der Waals surface area contributed by atoms with E-state index in [0.29, 0.717) is 22.8 Å². The zero-order valence-electron chi connectivity index (χ0n) is 17.1. The van der Waals surface area contributed by atoms with Crippen molar-refractivity contribution in [2.45, 2.75) is 11.8 Å². The number of hydrogen-bond donors (Lipinski definition) is 2. The SMILES string of the molecule is COc1ccccc1N(C)S(=O)(=O)c1ccc(C(=O)NNC(=O)c2ccoc2C)cc1. The van der Waals surface area contributed by atoms with Gasteiger partial charge in [-0.25, -0.2) is 8.42 Å². The molecule has 162 valence electrons.